The Kier molecular flexibility index (Phi) is 9.40. The van der Waals surface area contributed by atoms with Gasteiger partial charge in [-0.2, -0.15) is 101 Å². The molecule has 0 spiro atoms. The van der Waals surface area contributed by atoms with Gasteiger partial charge in [-0.3, -0.25) is 0 Å². The predicted molar refractivity (Wildman–Crippen MR) is 70.3 cm³/mol. The zero-order chi connectivity index (χ0) is 31.1. The van der Waals surface area contributed by atoms with Crippen LogP contribution in [0.1, 0.15) is 0 Å². The van der Waals surface area contributed by atoms with E-state index in [9.17, 15) is 106 Å². The Labute approximate surface area is 202 Å². The van der Waals surface area contributed by atoms with Crippen LogP contribution < -0.4 is 0 Å². The summed E-state index contributed by atoms with van der Waals surface area (Å²) in [6.45, 7) is 0. The third kappa shape index (κ3) is 4.32. The second-order valence-corrected chi connectivity index (χ2v) is 6.55. The molecule has 38 heavy (non-hydrogen) atoms. The quantitative estimate of drug-likeness (QED) is 0.229. The summed E-state index contributed by atoms with van der Waals surface area (Å²) in [4.78, 5) is 9.85. The van der Waals surface area contributed by atoms with E-state index in [0.717, 1.165) is 0 Å². The number of carboxylic acids is 1. The fraction of sp³-hybridized carbons (Fsp3) is 0.917. The normalized spacial score (nSPS) is 16.3. The van der Waals surface area contributed by atoms with Crippen LogP contribution in [0, 0.1) is 0 Å². The first-order valence-electron chi connectivity index (χ1n) is 7.52. The van der Waals surface area contributed by atoms with Gasteiger partial charge in [0.25, 0.3) is 0 Å². The Balaban J connectivity index is 0. The summed E-state index contributed by atoms with van der Waals surface area (Å²) >= 11 is 0. The Morgan fingerprint density at radius 3 is 0.658 bits per heavy atom. The van der Waals surface area contributed by atoms with Gasteiger partial charge in [0.2, 0.25) is 0 Å². The minimum atomic E-state index is -9.50. The molecule has 224 valence electrons. The molecule has 0 bridgehead atoms. The second-order valence-electron chi connectivity index (χ2n) is 6.55. The van der Waals surface area contributed by atoms with E-state index < -0.39 is 71.4 Å². The Hall–Kier alpha value is -1.54. The Bertz CT molecular complexity index is 885. The van der Waals surface area contributed by atoms with Crippen LogP contribution in [0.3, 0.4) is 0 Å². The molecule has 0 aromatic heterocycles. The first-order chi connectivity index (χ1) is 15.4. The van der Waals surface area contributed by atoms with Gasteiger partial charge < -0.3 is 5.11 Å². The number of aliphatic carboxylic acids is 1. The van der Waals surface area contributed by atoms with E-state index in [1.165, 1.54) is 0 Å². The molecule has 1 N–H and O–H groups in total. The standard InChI is InChI=1S/C12HF23O2.Li.H/c13-2(14,1(36)37)3(15,16)4(17,18)5(19,20)6(21,22)7(23,24)8(25,26)9(27,28)10(29,30)11(31,32)12(33,34)35;;/h(H,36,37);;. The van der Waals surface area contributed by atoms with Crippen LogP contribution in [-0.4, -0.2) is 95.3 Å². The van der Waals surface area contributed by atoms with Gasteiger partial charge in [0.1, 0.15) is 0 Å². The van der Waals surface area contributed by atoms with Crippen molar-refractivity contribution in [2.75, 3.05) is 0 Å². The van der Waals surface area contributed by atoms with Gasteiger partial charge in [0.15, 0.2) is 0 Å². The molecule has 0 heterocycles. The fourth-order valence-electron chi connectivity index (χ4n) is 1.89. The molecule has 0 saturated heterocycles. The fourth-order valence-corrected chi connectivity index (χ4v) is 1.89. The first kappa shape index (κ1) is 38.6. The van der Waals surface area contributed by atoms with Gasteiger partial charge in [0.05, 0.1) is 0 Å². The molecule has 0 aromatic carbocycles. The SMILES string of the molecule is O=C(O)C(F)(F)C(F)(F)C(F)(F)C(F)(F)C(F)(F)C(F)(F)C(F)(F)C(F)(F)C(F)(F)C(F)(F)C(F)(F)F.[LiH]. The van der Waals surface area contributed by atoms with Crippen LogP contribution in [0.25, 0.3) is 0 Å². The van der Waals surface area contributed by atoms with Crippen molar-refractivity contribution in [3.63, 3.8) is 0 Å². The molecule has 0 rings (SSSR count). The van der Waals surface area contributed by atoms with Crippen LogP contribution in [0.5, 0.6) is 0 Å². The van der Waals surface area contributed by atoms with Gasteiger partial charge in [-0.15, -0.1) is 0 Å². The number of carbonyl (C=O) groups is 1. The van der Waals surface area contributed by atoms with Crippen LogP contribution in [0.15, 0.2) is 0 Å². The number of halogens is 23. The summed E-state index contributed by atoms with van der Waals surface area (Å²) in [6, 6.07) is 0. The molecular weight excluding hydrogens is 620 g/mol. The van der Waals surface area contributed by atoms with E-state index in [-0.39, 0.29) is 18.9 Å². The minimum absolute atomic E-state index is 0. The number of alkyl halides is 23. The zero-order valence-corrected chi connectivity index (χ0v) is 15.5. The average molecular weight is 622 g/mol. The molecule has 0 saturated carbocycles. The van der Waals surface area contributed by atoms with Gasteiger partial charge in [-0.1, -0.05) is 0 Å². The van der Waals surface area contributed by atoms with E-state index in [0.29, 0.717) is 0 Å². The van der Waals surface area contributed by atoms with Crippen molar-refractivity contribution >= 4 is 24.8 Å². The molecule has 0 fully saturated rings. The van der Waals surface area contributed by atoms with Crippen LogP contribution in [0.2, 0.25) is 0 Å². The van der Waals surface area contributed by atoms with Crippen LogP contribution >= 0.6 is 0 Å². The Morgan fingerprint density at radius 2 is 0.500 bits per heavy atom. The summed E-state index contributed by atoms with van der Waals surface area (Å²) in [5, 5.41) is 7.63. The number of hydrogen-bond acceptors (Lipinski definition) is 1. The summed E-state index contributed by atoms with van der Waals surface area (Å²) in [5.41, 5.74) is 0. The van der Waals surface area contributed by atoms with Crippen molar-refractivity contribution in [3.05, 3.63) is 0 Å². The van der Waals surface area contributed by atoms with Crippen molar-refractivity contribution in [2.45, 2.75) is 65.4 Å². The summed E-state index contributed by atoms with van der Waals surface area (Å²) in [5.74, 6) is -94.6. The number of hydrogen-bond donors (Lipinski definition) is 1. The third-order valence-electron chi connectivity index (χ3n) is 4.17. The molecule has 0 aliphatic carbocycles. The first-order valence-corrected chi connectivity index (χ1v) is 7.52. The van der Waals surface area contributed by atoms with Gasteiger partial charge in [-0.25, -0.2) is 4.79 Å². The van der Waals surface area contributed by atoms with Crippen molar-refractivity contribution in [1.29, 1.82) is 0 Å². The summed E-state index contributed by atoms with van der Waals surface area (Å²) < 4.78 is 298. The molecule has 0 aliphatic heterocycles. The van der Waals surface area contributed by atoms with E-state index in [2.05, 4.69) is 0 Å². The molecular formula is C12H2F23LiO2. The van der Waals surface area contributed by atoms with Crippen molar-refractivity contribution in [3.8, 4) is 0 Å². The second kappa shape index (κ2) is 9.25. The van der Waals surface area contributed by atoms with Crippen LogP contribution in [-0.2, 0) is 4.79 Å². The summed E-state index contributed by atoms with van der Waals surface area (Å²) in [6.07, 6.45) is -8.13. The topological polar surface area (TPSA) is 37.3 Å². The van der Waals surface area contributed by atoms with Crippen molar-refractivity contribution in [1.82, 2.24) is 0 Å². The van der Waals surface area contributed by atoms with Gasteiger partial charge in [-0.05, 0) is 0 Å². The van der Waals surface area contributed by atoms with Gasteiger partial charge >= 0.3 is 90.2 Å². The molecule has 0 aliphatic rings. The number of carboxylic acid groups (broad SMARTS) is 1. The Morgan fingerprint density at radius 1 is 0.342 bits per heavy atom. The van der Waals surface area contributed by atoms with Crippen molar-refractivity contribution < 1.29 is 111 Å². The predicted octanol–water partition coefficient (Wildman–Crippen LogP) is 6.34. The molecule has 0 amide bonds. The molecule has 0 atom stereocenters. The maximum absolute atomic E-state index is 13.4. The molecule has 2 nitrogen and oxygen atoms in total. The van der Waals surface area contributed by atoms with E-state index in [4.69, 9.17) is 5.11 Å². The van der Waals surface area contributed by atoms with E-state index >= 15 is 0 Å². The molecule has 0 aromatic rings. The molecule has 0 radical (unpaired) electrons. The average Bonchev–Trinajstić information content (AvgIpc) is 2.65. The van der Waals surface area contributed by atoms with Crippen LogP contribution in [0.4, 0.5) is 101 Å². The monoisotopic (exact) mass is 622 g/mol. The van der Waals surface area contributed by atoms with Crippen molar-refractivity contribution in [2.24, 2.45) is 0 Å². The zero-order valence-electron chi connectivity index (χ0n) is 15.5. The molecule has 26 heteroatoms. The molecule has 0 unspecified atom stereocenters. The third-order valence-corrected chi connectivity index (χ3v) is 4.17. The summed E-state index contributed by atoms with van der Waals surface area (Å²) in [7, 11) is 0. The maximum atomic E-state index is 13.4. The van der Waals surface area contributed by atoms with E-state index in [1.807, 2.05) is 0 Å². The van der Waals surface area contributed by atoms with Gasteiger partial charge in [0, 0.05) is 0 Å². The number of rotatable bonds is 10. The van der Waals surface area contributed by atoms with E-state index in [1.54, 1.807) is 0 Å².